The van der Waals surface area contributed by atoms with Crippen LogP contribution in [0.1, 0.15) is 11.1 Å². The van der Waals surface area contributed by atoms with E-state index < -0.39 is 26.7 Å². The van der Waals surface area contributed by atoms with Crippen molar-refractivity contribution >= 4 is 20.8 Å². The van der Waals surface area contributed by atoms with Crippen LogP contribution in [0.5, 0.6) is 0 Å². The Morgan fingerprint density at radius 1 is 0.885 bits per heavy atom. The predicted octanol–water partition coefficient (Wildman–Crippen LogP) is 4.68. The lowest BCUT2D eigenvalue weighted by Crippen LogP contribution is -2.28. The lowest BCUT2D eigenvalue weighted by Gasteiger charge is -2.21. The molecule has 3 aromatic rings. The molecule has 0 amide bonds. The maximum absolute atomic E-state index is 13.2. The van der Waals surface area contributed by atoms with Gasteiger partial charge in [0.15, 0.2) is 0 Å². The summed E-state index contributed by atoms with van der Waals surface area (Å²) in [7, 11) is -3.02. The Kier molecular flexibility index (Phi) is 4.77. The van der Waals surface area contributed by atoms with Crippen LogP contribution >= 0.6 is 0 Å². The van der Waals surface area contributed by atoms with Gasteiger partial charge in [0.05, 0.1) is 10.5 Å². The van der Waals surface area contributed by atoms with Crippen LogP contribution < -0.4 is 0 Å². The summed E-state index contributed by atoms with van der Waals surface area (Å²) < 4.78 is 66.1. The number of rotatable bonds is 4. The van der Waals surface area contributed by atoms with E-state index in [2.05, 4.69) is 0 Å². The maximum atomic E-state index is 13.2. The molecule has 0 fully saturated rings. The van der Waals surface area contributed by atoms with Crippen molar-refractivity contribution in [2.75, 3.05) is 7.05 Å². The Morgan fingerprint density at radius 2 is 1.50 bits per heavy atom. The van der Waals surface area contributed by atoms with Crippen molar-refractivity contribution in [2.45, 2.75) is 17.6 Å². The quantitative estimate of drug-likeness (QED) is 0.660. The molecule has 0 spiro atoms. The first-order valence-corrected chi connectivity index (χ1v) is 9.24. The Morgan fingerprint density at radius 3 is 2.23 bits per heavy atom. The summed E-state index contributed by atoms with van der Waals surface area (Å²) in [5.41, 5.74) is -0.441. The molecule has 26 heavy (non-hydrogen) atoms. The zero-order valence-corrected chi connectivity index (χ0v) is 14.7. The van der Waals surface area contributed by atoms with Crippen molar-refractivity contribution in [3.8, 4) is 0 Å². The maximum Gasteiger partial charge on any atom is 0.417 e. The number of halogens is 3. The molecule has 0 aliphatic heterocycles. The summed E-state index contributed by atoms with van der Waals surface area (Å²) in [4.78, 5) is -0.741. The van der Waals surface area contributed by atoms with E-state index in [4.69, 9.17) is 0 Å². The molecule has 0 aliphatic rings. The number of benzene rings is 3. The number of sulfonamides is 1. The molecule has 0 atom stereocenters. The minimum Gasteiger partial charge on any atom is -0.207 e. The fourth-order valence-corrected chi connectivity index (χ4v) is 4.21. The van der Waals surface area contributed by atoms with E-state index in [-0.39, 0.29) is 6.54 Å². The highest BCUT2D eigenvalue weighted by molar-refractivity contribution is 7.89. The zero-order chi connectivity index (χ0) is 18.9. The van der Waals surface area contributed by atoms with Gasteiger partial charge in [0.2, 0.25) is 10.0 Å². The third-order valence-electron chi connectivity index (χ3n) is 4.15. The van der Waals surface area contributed by atoms with Gasteiger partial charge in [-0.05, 0) is 28.5 Å². The molecule has 7 heteroatoms. The van der Waals surface area contributed by atoms with Crippen LogP contribution in [0.15, 0.2) is 71.6 Å². The first kappa shape index (κ1) is 18.4. The average molecular weight is 379 g/mol. The van der Waals surface area contributed by atoms with Crippen molar-refractivity contribution in [2.24, 2.45) is 0 Å². The monoisotopic (exact) mass is 379 g/mol. The topological polar surface area (TPSA) is 37.4 Å². The van der Waals surface area contributed by atoms with Crippen LogP contribution in [0.25, 0.3) is 10.8 Å². The molecule has 0 N–H and O–H groups in total. The molecule has 0 radical (unpaired) electrons. The van der Waals surface area contributed by atoms with Crippen LogP contribution in [-0.4, -0.2) is 19.8 Å². The van der Waals surface area contributed by atoms with Crippen molar-refractivity contribution in [1.82, 2.24) is 4.31 Å². The van der Waals surface area contributed by atoms with Crippen molar-refractivity contribution in [1.29, 1.82) is 0 Å². The second-order valence-electron chi connectivity index (χ2n) is 5.89. The van der Waals surface area contributed by atoms with E-state index in [0.29, 0.717) is 0 Å². The number of alkyl halides is 3. The van der Waals surface area contributed by atoms with Gasteiger partial charge in [0.25, 0.3) is 0 Å². The molecule has 3 aromatic carbocycles. The van der Waals surface area contributed by atoms with E-state index in [0.717, 1.165) is 32.8 Å². The molecule has 3 rings (SSSR count). The minimum atomic E-state index is -4.75. The highest BCUT2D eigenvalue weighted by atomic mass is 32.2. The molecule has 3 nitrogen and oxygen atoms in total. The third kappa shape index (κ3) is 3.45. The fraction of sp³-hybridized carbons (Fsp3) is 0.158. The second-order valence-corrected chi connectivity index (χ2v) is 7.91. The molecule has 0 aromatic heterocycles. The highest BCUT2D eigenvalue weighted by Gasteiger charge is 2.38. The number of hydrogen-bond acceptors (Lipinski definition) is 2. The van der Waals surface area contributed by atoms with Crippen LogP contribution in [0, 0.1) is 0 Å². The van der Waals surface area contributed by atoms with Crippen LogP contribution in [-0.2, 0) is 22.7 Å². The lowest BCUT2D eigenvalue weighted by atomic mass is 10.0. The van der Waals surface area contributed by atoms with E-state index >= 15 is 0 Å². The summed E-state index contributed by atoms with van der Waals surface area (Å²) in [6.45, 7) is -0.0319. The van der Waals surface area contributed by atoms with E-state index in [1.54, 1.807) is 12.1 Å². The second kappa shape index (κ2) is 6.74. The molecule has 0 bridgehead atoms. The van der Waals surface area contributed by atoms with Gasteiger partial charge in [-0.25, -0.2) is 8.42 Å². The number of nitrogens with zero attached hydrogens (tertiary/aromatic N) is 1. The highest BCUT2D eigenvalue weighted by Crippen LogP contribution is 2.35. The van der Waals surface area contributed by atoms with E-state index in [1.165, 1.54) is 19.2 Å². The predicted molar refractivity (Wildman–Crippen MR) is 94.0 cm³/mol. The van der Waals surface area contributed by atoms with Gasteiger partial charge in [-0.15, -0.1) is 0 Å². The van der Waals surface area contributed by atoms with Crippen molar-refractivity contribution in [3.05, 3.63) is 77.9 Å². The summed E-state index contributed by atoms with van der Waals surface area (Å²) in [5.74, 6) is 0. The molecule has 0 saturated carbocycles. The standard InChI is InChI=1S/C19H16F3NO2S/c1-23(13-15-9-6-8-14-7-2-3-10-16(14)15)26(24,25)18-12-5-4-11-17(18)19(20,21)22/h2-12H,13H2,1H3. The smallest absolute Gasteiger partial charge is 0.207 e. The summed E-state index contributed by atoms with van der Waals surface area (Å²) in [6.07, 6.45) is -4.75. The van der Waals surface area contributed by atoms with Gasteiger partial charge in [-0.3, -0.25) is 0 Å². The Balaban J connectivity index is 2.01. The van der Waals surface area contributed by atoms with E-state index in [9.17, 15) is 21.6 Å². The Hall–Kier alpha value is -2.38. The average Bonchev–Trinajstić information content (AvgIpc) is 2.61. The largest absolute Gasteiger partial charge is 0.417 e. The molecular weight excluding hydrogens is 363 g/mol. The van der Waals surface area contributed by atoms with Gasteiger partial charge >= 0.3 is 6.18 Å². The van der Waals surface area contributed by atoms with Gasteiger partial charge in [-0.1, -0.05) is 54.6 Å². The molecule has 0 unspecified atom stereocenters. The summed E-state index contributed by atoms with van der Waals surface area (Å²) >= 11 is 0. The minimum absolute atomic E-state index is 0.0319. The molecular formula is C19H16F3NO2S. The SMILES string of the molecule is CN(Cc1cccc2ccccc12)S(=O)(=O)c1ccccc1C(F)(F)F. The van der Waals surface area contributed by atoms with Gasteiger partial charge < -0.3 is 0 Å². The molecule has 0 heterocycles. The number of fused-ring (bicyclic) bond motifs is 1. The van der Waals surface area contributed by atoms with Gasteiger partial charge in [-0.2, -0.15) is 17.5 Å². The van der Waals surface area contributed by atoms with Crippen molar-refractivity contribution in [3.63, 3.8) is 0 Å². The lowest BCUT2D eigenvalue weighted by molar-refractivity contribution is -0.139. The first-order valence-electron chi connectivity index (χ1n) is 7.80. The van der Waals surface area contributed by atoms with Gasteiger partial charge in [0.1, 0.15) is 0 Å². The van der Waals surface area contributed by atoms with Gasteiger partial charge in [0, 0.05) is 13.6 Å². The zero-order valence-electron chi connectivity index (χ0n) is 13.9. The normalized spacial score (nSPS) is 12.7. The van der Waals surface area contributed by atoms with Crippen LogP contribution in [0.4, 0.5) is 13.2 Å². The Labute approximate surface area is 149 Å². The number of hydrogen-bond donors (Lipinski definition) is 0. The van der Waals surface area contributed by atoms with E-state index in [1.807, 2.05) is 30.3 Å². The summed E-state index contributed by atoms with van der Waals surface area (Å²) in [5, 5.41) is 1.80. The molecule has 136 valence electrons. The fourth-order valence-electron chi connectivity index (χ4n) is 2.85. The van der Waals surface area contributed by atoms with Crippen LogP contribution in [0.2, 0.25) is 0 Å². The molecule has 0 saturated heterocycles. The molecule has 0 aliphatic carbocycles. The first-order chi connectivity index (χ1) is 12.2. The third-order valence-corrected chi connectivity index (χ3v) is 6.02. The Bertz CT molecular complexity index is 1040. The van der Waals surface area contributed by atoms with Crippen molar-refractivity contribution < 1.29 is 21.6 Å². The summed E-state index contributed by atoms with van der Waals surface area (Å²) in [6, 6.07) is 17.1. The van der Waals surface area contributed by atoms with Crippen LogP contribution in [0.3, 0.4) is 0 Å².